The molecule has 2 aliphatic rings. The molecule has 0 spiro atoms. The van der Waals surface area contributed by atoms with Crippen molar-refractivity contribution in [1.82, 2.24) is 9.80 Å². The third-order valence-electron chi connectivity index (χ3n) is 4.68. The summed E-state index contributed by atoms with van der Waals surface area (Å²) in [7, 11) is 1.89. The van der Waals surface area contributed by atoms with Crippen LogP contribution >= 0.6 is 0 Å². The second-order valence-electron chi connectivity index (χ2n) is 6.34. The number of aliphatic carboxylic acids is 1. The smallest absolute Gasteiger partial charge is 0.319 e. The summed E-state index contributed by atoms with van der Waals surface area (Å²) in [4.78, 5) is 26.8. The minimum Gasteiger partial charge on any atom is -0.481 e. The highest BCUT2D eigenvalue weighted by Gasteiger charge is 2.27. The molecule has 5 nitrogen and oxygen atoms in total. The highest BCUT2D eigenvalue weighted by Crippen LogP contribution is 2.26. The van der Waals surface area contributed by atoms with Crippen LogP contribution < -0.4 is 0 Å². The van der Waals surface area contributed by atoms with Gasteiger partial charge in [0.15, 0.2) is 0 Å². The summed E-state index contributed by atoms with van der Waals surface area (Å²) in [6.45, 7) is 2.27. The normalized spacial score (nSPS) is 21.1. The molecule has 2 rings (SSSR count). The topological polar surface area (TPSA) is 60.9 Å². The number of amides is 2. The summed E-state index contributed by atoms with van der Waals surface area (Å²) in [6.07, 6.45) is 6.96. The average Bonchev–Trinajstić information content (AvgIpc) is 2.91. The molecule has 20 heavy (non-hydrogen) atoms. The Morgan fingerprint density at radius 2 is 1.70 bits per heavy atom. The quantitative estimate of drug-likeness (QED) is 0.861. The lowest BCUT2D eigenvalue weighted by Gasteiger charge is -2.34. The number of nitrogens with zero attached hydrogens (tertiary/aromatic N) is 2. The van der Waals surface area contributed by atoms with Crippen LogP contribution in [0.25, 0.3) is 0 Å². The van der Waals surface area contributed by atoms with Crippen LogP contribution in [-0.2, 0) is 4.79 Å². The number of likely N-dealkylation sites (tertiary alicyclic amines) is 1. The first kappa shape index (κ1) is 15.1. The Morgan fingerprint density at radius 3 is 2.25 bits per heavy atom. The van der Waals surface area contributed by atoms with Gasteiger partial charge in [0.1, 0.15) is 0 Å². The summed E-state index contributed by atoms with van der Waals surface area (Å²) in [5, 5.41) is 8.80. The molecule has 0 aromatic rings. The van der Waals surface area contributed by atoms with Gasteiger partial charge >= 0.3 is 12.0 Å². The molecule has 0 unspecified atom stereocenters. The zero-order chi connectivity index (χ0) is 14.5. The molecule has 1 saturated heterocycles. The summed E-state index contributed by atoms with van der Waals surface area (Å²) in [6, 6.07) is 0.116. The lowest BCUT2D eigenvalue weighted by atomic mass is 9.94. The first-order valence-corrected chi connectivity index (χ1v) is 7.78. The second kappa shape index (κ2) is 6.95. The van der Waals surface area contributed by atoms with Crippen molar-refractivity contribution in [3.63, 3.8) is 0 Å². The van der Waals surface area contributed by atoms with Crippen molar-refractivity contribution in [3.8, 4) is 0 Å². The molecular weight excluding hydrogens is 256 g/mol. The fourth-order valence-electron chi connectivity index (χ4n) is 3.48. The monoisotopic (exact) mass is 282 g/mol. The Kier molecular flexibility index (Phi) is 5.26. The van der Waals surface area contributed by atoms with Gasteiger partial charge in [-0.15, -0.1) is 0 Å². The van der Waals surface area contributed by atoms with Gasteiger partial charge in [-0.05, 0) is 37.5 Å². The number of carboxylic acid groups (broad SMARTS) is 1. The second-order valence-corrected chi connectivity index (χ2v) is 6.34. The van der Waals surface area contributed by atoms with E-state index < -0.39 is 5.97 Å². The van der Waals surface area contributed by atoms with Crippen molar-refractivity contribution in [2.45, 2.75) is 44.9 Å². The highest BCUT2D eigenvalue weighted by atomic mass is 16.4. The van der Waals surface area contributed by atoms with Gasteiger partial charge in [-0.3, -0.25) is 4.79 Å². The molecule has 1 aliphatic carbocycles. The van der Waals surface area contributed by atoms with E-state index in [0.29, 0.717) is 19.0 Å². The molecule has 5 heteroatoms. The van der Waals surface area contributed by atoms with Gasteiger partial charge in [0.05, 0.1) is 0 Å². The molecule has 1 saturated carbocycles. The molecule has 2 amide bonds. The van der Waals surface area contributed by atoms with Crippen LogP contribution in [0.3, 0.4) is 0 Å². The van der Waals surface area contributed by atoms with Crippen molar-refractivity contribution in [2.24, 2.45) is 11.8 Å². The van der Waals surface area contributed by atoms with E-state index >= 15 is 0 Å². The zero-order valence-electron chi connectivity index (χ0n) is 12.4. The standard InChI is InChI=1S/C15H26N2O3/c1-16(11-13-4-2-3-5-13)15(20)17-8-6-12(7-9-17)10-14(18)19/h12-13H,2-11H2,1H3,(H,18,19). The van der Waals surface area contributed by atoms with E-state index in [4.69, 9.17) is 5.11 Å². The fraction of sp³-hybridized carbons (Fsp3) is 0.867. The van der Waals surface area contributed by atoms with Crippen LogP contribution in [0.15, 0.2) is 0 Å². The third kappa shape index (κ3) is 4.12. The number of carbonyl (C=O) groups excluding carboxylic acids is 1. The van der Waals surface area contributed by atoms with Crippen LogP contribution in [0.2, 0.25) is 0 Å². The lowest BCUT2D eigenvalue weighted by molar-refractivity contribution is -0.138. The molecule has 2 fully saturated rings. The summed E-state index contributed by atoms with van der Waals surface area (Å²) < 4.78 is 0. The SMILES string of the molecule is CN(CC1CCCC1)C(=O)N1CCC(CC(=O)O)CC1. The molecule has 1 N–H and O–H groups in total. The van der Waals surface area contributed by atoms with Gasteiger partial charge in [-0.1, -0.05) is 12.8 Å². The van der Waals surface area contributed by atoms with Gasteiger partial charge in [0, 0.05) is 33.1 Å². The number of rotatable bonds is 4. The zero-order valence-corrected chi connectivity index (χ0v) is 12.4. The molecule has 0 radical (unpaired) electrons. The average molecular weight is 282 g/mol. The Hall–Kier alpha value is -1.26. The Balaban J connectivity index is 1.74. The van der Waals surface area contributed by atoms with E-state index in [2.05, 4.69) is 0 Å². The molecule has 0 atom stereocenters. The van der Waals surface area contributed by atoms with Crippen molar-refractivity contribution in [3.05, 3.63) is 0 Å². The number of piperidine rings is 1. The molecule has 0 aromatic heterocycles. The Bertz CT molecular complexity index is 345. The maximum absolute atomic E-state index is 12.4. The molecule has 1 heterocycles. The first-order valence-electron chi connectivity index (χ1n) is 7.78. The molecule has 1 aliphatic heterocycles. The number of carbonyl (C=O) groups is 2. The van der Waals surface area contributed by atoms with Crippen LogP contribution in [0.1, 0.15) is 44.9 Å². The molecule has 114 valence electrons. The third-order valence-corrected chi connectivity index (χ3v) is 4.68. The molecular formula is C15H26N2O3. The van der Waals surface area contributed by atoms with Crippen LogP contribution in [0.4, 0.5) is 4.79 Å². The van der Waals surface area contributed by atoms with Crippen LogP contribution in [0.5, 0.6) is 0 Å². The van der Waals surface area contributed by atoms with Gasteiger partial charge in [0.2, 0.25) is 0 Å². The van der Waals surface area contributed by atoms with Crippen molar-refractivity contribution < 1.29 is 14.7 Å². The van der Waals surface area contributed by atoms with E-state index in [9.17, 15) is 9.59 Å². The van der Waals surface area contributed by atoms with Crippen LogP contribution in [0, 0.1) is 11.8 Å². The summed E-state index contributed by atoms with van der Waals surface area (Å²) in [5.74, 6) is 0.179. The molecule has 0 bridgehead atoms. The van der Waals surface area contributed by atoms with Crippen molar-refractivity contribution >= 4 is 12.0 Å². The number of carboxylic acids is 1. The number of hydrogen-bond acceptors (Lipinski definition) is 2. The Morgan fingerprint density at radius 1 is 1.10 bits per heavy atom. The Labute approximate surface area is 120 Å². The van der Waals surface area contributed by atoms with Crippen LogP contribution in [-0.4, -0.2) is 53.6 Å². The summed E-state index contributed by atoms with van der Waals surface area (Å²) in [5.41, 5.74) is 0. The van der Waals surface area contributed by atoms with Gasteiger partial charge in [-0.25, -0.2) is 4.79 Å². The van der Waals surface area contributed by atoms with Gasteiger partial charge < -0.3 is 14.9 Å². The first-order chi connectivity index (χ1) is 9.56. The summed E-state index contributed by atoms with van der Waals surface area (Å²) >= 11 is 0. The largest absolute Gasteiger partial charge is 0.481 e. The van der Waals surface area contributed by atoms with Crippen molar-refractivity contribution in [1.29, 1.82) is 0 Å². The van der Waals surface area contributed by atoms with E-state index in [1.165, 1.54) is 25.7 Å². The van der Waals surface area contributed by atoms with Gasteiger partial charge in [0.25, 0.3) is 0 Å². The lowest BCUT2D eigenvalue weighted by Crippen LogP contribution is -2.46. The number of urea groups is 1. The minimum absolute atomic E-state index is 0.116. The van der Waals surface area contributed by atoms with Gasteiger partial charge in [-0.2, -0.15) is 0 Å². The van der Waals surface area contributed by atoms with E-state index in [0.717, 1.165) is 19.4 Å². The molecule has 0 aromatic carbocycles. The van der Waals surface area contributed by atoms with E-state index in [1.807, 2.05) is 16.8 Å². The predicted molar refractivity (Wildman–Crippen MR) is 76.5 cm³/mol. The highest BCUT2D eigenvalue weighted by molar-refractivity contribution is 5.74. The predicted octanol–water partition coefficient (Wildman–Crippen LogP) is 2.42. The van der Waals surface area contributed by atoms with E-state index in [-0.39, 0.29) is 18.4 Å². The van der Waals surface area contributed by atoms with Crippen molar-refractivity contribution in [2.75, 3.05) is 26.7 Å². The minimum atomic E-state index is -0.729. The number of hydrogen-bond donors (Lipinski definition) is 1. The fourth-order valence-corrected chi connectivity index (χ4v) is 3.48. The van der Waals surface area contributed by atoms with E-state index in [1.54, 1.807) is 0 Å². The maximum atomic E-state index is 12.4. The maximum Gasteiger partial charge on any atom is 0.319 e.